The molecule has 3 rings (SSSR count). The van der Waals surface area contributed by atoms with E-state index < -0.39 is 16.7 Å². The van der Waals surface area contributed by atoms with Crippen LogP contribution >= 0.6 is 0 Å². The van der Waals surface area contributed by atoms with Crippen molar-refractivity contribution < 1.29 is 14.5 Å². The van der Waals surface area contributed by atoms with E-state index in [9.17, 15) is 19.7 Å². The highest BCUT2D eigenvalue weighted by molar-refractivity contribution is 6.31. The van der Waals surface area contributed by atoms with E-state index in [0.29, 0.717) is 11.3 Å². The second kappa shape index (κ2) is 6.20. The van der Waals surface area contributed by atoms with E-state index in [1.807, 2.05) is 26.0 Å². The Hall–Kier alpha value is -3.48. The van der Waals surface area contributed by atoms with Crippen LogP contribution < -0.4 is 10.4 Å². The average molecular weight is 337 g/mol. The van der Waals surface area contributed by atoms with E-state index in [2.05, 4.69) is 5.43 Å². The smallest absolute Gasteiger partial charge is 0.267 e. The molecule has 0 radical (unpaired) electrons. The van der Waals surface area contributed by atoms with Crippen LogP contribution in [0.5, 0.6) is 0 Å². The normalized spacial score (nSPS) is 15.6. The quantitative estimate of drug-likeness (QED) is 0.403. The highest BCUT2D eigenvalue weighted by Crippen LogP contribution is 2.24. The van der Waals surface area contributed by atoms with Gasteiger partial charge in [-0.25, -0.2) is 5.01 Å². The standard InChI is InChI=1S/C18H15N3O4/c1-11-6-7-14(8-12(11)2)20-18(23)16(17(22)19-20)10-13-4-3-5-15(9-13)21(24)25/h3-10H,1-2H3,(H,19,22). The molecule has 0 unspecified atom stereocenters. The number of hydrazine groups is 1. The Kier molecular flexibility index (Phi) is 4.06. The molecule has 0 atom stereocenters. The van der Waals surface area contributed by atoms with E-state index in [1.54, 1.807) is 12.1 Å². The largest absolute Gasteiger partial charge is 0.282 e. The van der Waals surface area contributed by atoms with E-state index in [-0.39, 0.29) is 11.3 Å². The molecule has 0 bridgehead atoms. The van der Waals surface area contributed by atoms with Gasteiger partial charge in [0.1, 0.15) is 5.57 Å². The molecule has 0 saturated carbocycles. The first-order valence-corrected chi connectivity index (χ1v) is 7.55. The molecule has 0 spiro atoms. The SMILES string of the molecule is Cc1ccc(N2NC(=O)C(=Cc3cccc([N+](=O)[O-])c3)C2=O)cc1C. The van der Waals surface area contributed by atoms with E-state index in [4.69, 9.17) is 0 Å². The first kappa shape index (κ1) is 16.4. The number of hydrogen-bond acceptors (Lipinski definition) is 4. The van der Waals surface area contributed by atoms with E-state index in [1.165, 1.54) is 29.3 Å². The third-order valence-electron chi connectivity index (χ3n) is 4.03. The fourth-order valence-electron chi connectivity index (χ4n) is 2.50. The van der Waals surface area contributed by atoms with Gasteiger partial charge in [0.2, 0.25) is 0 Å². The number of carbonyl (C=O) groups is 2. The van der Waals surface area contributed by atoms with Crippen molar-refractivity contribution in [2.24, 2.45) is 0 Å². The molecule has 25 heavy (non-hydrogen) atoms. The first-order valence-electron chi connectivity index (χ1n) is 7.55. The summed E-state index contributed by atoms with van der Waals surface area (Å²) in [5.41, 5.74) is 5.39. The highest BCUT2D eigenvalue weighted by atomic mass is 16.6. The summed E-state index contributed by atoms with van der Waals surface area (Å²) >= 11 is 0. The fourth-order valence-corrected chi connectivity index (χ4v) is 2.50. The molecule has 2 aromatic carbocycles. The van der Waals surface area contributed by atoms with Crippen LogP contribution in [-0.2, 0) is 9.59 Å². The van der Waals surface area contributed by atoms with Crippen LogP contribution in [0.3, 0.4) is 0 Å². The Balaban J connectivity index is 1.94. The van der Waals surface area contributed by atoms with Gasteiger partial charge in [-0.2, -0.15) is 0 Å². The summed E-state index contributed by atoms with van der Waals surface area (Å²) < 4.78 is 0. The molecular formula is C18H15N3O4. The van der Waals surface area contributed by atoms with Gasteiger partial charge >= 0.3 is 0 Å². The topological polar surface area (TPSA) is 92.6 Å². The average Bonchev–Trinajstić information content (AvgIpc) is 2.86. The third-order valence-corrected chi connectivity index (χ3v) is 4.03. The molecule has 2 aromatic rings. The summed E-state index contributed by atoms with van der Waals surface area (Å²) in [7, 11) is 0. The van der Waals surface area contributed by atoms with Crippen LogP contribution in [0, 0.1) is 24.0 Å². The lowest BCUT2D eigenvalue weighted by Gasteiger charge is -2.15. The summed E-state index contributed by atoms with van der Waals surface area (Å²) in [6, 6.07) is 11.2. The van der Waals surface area contributed by atoms with Gasteiger partial charge in [0, 0.05) is 12.1 Å². The number of nitrogens with zero attached hydrogens (tertiary/aromatic N) is 2. The maximum Gasteiger partial charge on any atom is 0.282 e. The minimum Gasteiger partial charge on any atom is -0.267 e. The second-order valence-corrected chi connectivity index (χ2v) is 5.76. The molecule has 1 heterocycles. The van der Waals surface area contributed by atoms with Crippen molar-refractivity contribution >= 4 is 29.3 Å². The van der Waals surface area contributed by atoms with Gasteiger partial charge < -0.3 is 0 Å². The molecule has 1 aliphatic heterocycles. The zero-order valence-electron chi connectivity index (χ0n) is 13.6. The van der Waals surface area contributed by atoms with Crippen LogP contribution in [0.15, 0.2) is 48.0 Å². The van der Waals surface area contributed by atoms with Crippen molar-refractivity contribution in [2.75, 3.05) is 5.01 Å². The number of nitrogens with one attached hydrogen (secondary N) is 1. The molecule has 7 heteroatoms. The van der Waals surface area contributed by atoms with Crippen LogP contribution in [0.25, 0.3) is 6.08 Å². The molecule has 1 fully saturated rings. The second-order valence-electron chi connectivity index (χ2n) is 5.76. The van der Waals surface area contributed by atoms with Gasteiger partial charge in [0.05, 0.1) is 10.6 Å². The Labute approximate surface area is 143 Å². The monoisotopic (exact) mass is 337 g/mol. The van der Waals surface area contributed by atoms with Crippen molar-refractivity contribution in [3.8, 4) is 0 Å². The van der Waals surface area contributed by atoms with E-state index >= 15 is 0 Å². The van der Waals surface area contributed by atoms with Gasteiger partial charge in [-0.15, -0.1) is 0 Å². The van der Waals surface area contributed by atoms with Crippen molar-refractivity contribution in [3.05, 3.63) is 74.8 Å². The number of carbonyl (C=O) groups excluding carboxylic acids is 2. The lowest BCUT2D eigenvalue weighted by Crippen LogP contribution is -2.35. The zero-order chi connectivity index (χ0) is 18.1. The summed E-state index contributed by atoms with van der Waals surface area (Å²) in [6.45, 7) is 3.87. The lowest BCUT2D eigenvalue weighted by atomic mass is 10.1. The summed E-state index contributed by atoms with van der Waals surface area (Å²) in [5.74, 6) is -1.05. The van der Waals surface area contributed by atoms with Crippen LogP contribution in [-0.4, -0.2) is 16.7 Å². The molecular weight excluding hydrogens is 322 g/mol. The van der Waals surface area contributed by atoms with Gasteiger partial charge in [0.15, 0.2) is 0 Å². The molecule has 1 aliphatic rings. The van der Waals surface area contributed by atoms with Crippen molar-refractivity contribution in [3.63, 3.8) is 0 Å². The molecule has 1 N–H and O–H groups in total. The van der Waals surface area contributed by atoms with E-state index in [0.717, 1.165) is 11.1 Å². The Morgan fingerprint density at radius 2 is 1.84 bits per heavy atom. The maximum absolute atomic E-state index is 12.6. The molecule has 0 aromatic heterocycles. The van der Waals surface area contributed by atoms with Crippen molar-refractivity contribution in [2.45, 2.75) is 13.8 Å². The summed E-state index contributed by atoms with van der Waals surface area (Å²) in [5, 5.41) is 12.0. The zero-order valence-corrected chi connectivity index (χ0v) is 13.6. The minimum atomic E-state index is -0.547. The van der Waals surface area contributed by atoms with Gasteiger partial charge in [0.25, 0.3) is 17.5 Å². The van der Waals surface area contributed by atoms with Crippen LogP contribution in [0.4, 0.5) is 11.4 Å². The number of nitro benzene ring substituents is 1. The molecule has 0 aliphatic carbocycles. The molecule has 2 amide bonds. The predicted molar refractivity (Wildman–Crippen MR) is 92.6 cm³/mol. The number of benzene rings is 2. The number of hydrogen-bond donors (Lipinski definition) is 1. The van der Waals surface area contributed by atoms with Gasteiger partial charge in [-0.1, -0.05) is 18.2 Å². The summed E-state index contributed by atoms with van der Waals surface area (Å²) in [4.78, 5) is 35.1. The van der Waals surface area contributed by atoms with Crippen LogP contribution in [0.1, 0.15) is 16.7 Å². The number of rotatable bonds is 3. The predicted octanol–water partition coefficient (Wildman–Crippen LogP) is 2.67. The van der Waals surface area contributed by atoms with Crippen molar-refractivity contribution in [1.82, 2.24) is 5.43 Å². The third kappa shape index (κ3) is 3.12. The number of aryl methyl sites for hydroxylation is 2. The minimum absolute atomic E-state index is 0.0706. The first-order chi connectivity index (χ1) is 11.9. The number of amides is 2. The highest BCUT2D eigenvalue weighted by Gasteiger charge is 2.34. The number of anilines is 1. The molecule has 126 valence electrons. The molecule has 1 saturated heterocycles. The number of non-ortho nitro benzene ring substituents is 1. The van der Waals surface area contributed by atoms with Crippen LogP contribution in [0.2, 0.25) is 0 Å². The Morgan fingerprint density at radius 1 is 1.08 bits per heavy atom. The Bertz CT molecular complexity index is 934. The van der Waals surface area contributed by atoms with Gasteiger partial charge in [-0.05, 0) is 48.7 Å². The maximum atomic E-state index is 12.6. The summed E-state index contributed by atoms with van der Waals surface area (Å²) in [6.07, 6.45) is 1.35. The van der Waals surface area contributed by atoms with Gasteiger partial charge in [-0.3, -0.25) is 25.1 Å². The Morgan fingerprint density at radius 3 is 2.52 bits per heavy atom. The number of nitro groups is 1. The van der Waals surface area contributed by atoms with Crippen molar-refractivity contribution in [1.29, 1.82) is 0 Å². The molecule has 7 nitrogen and oxygen atoms in total. The lowest BCUT2D eigenvalue weighted by molar-refractivity contribution is -0.384. The fraction of sp³-hybridized carbons (Fsp3) is 0.111.